The smallest absolute Gasteiger partial charge is 0.338 e. The summed E-state index contributed by atoms with van der Waals surface area (Å²) in [5.74, 6) is 0.0115. The highest BCUT2D eigenvalue weighted by molar-refractivity contribution is 5.92. The quantitative estimate of drug-likeness (QED) is 0.686. The maximum absolute atomic E-state index is 12.1. The molecule has 0 saturated carbocycles. The second-order valence-corrected chi connectivity index (χ2v) is 6.14. The summed E-state index contributed by atoms with van der Waals surface area (Å²) in [6.07, 6.45) is 1.67. The highest BCUT2D eigenvalue weighted by Gasteiger charge is 2.14. The van der Waals surface area contributed by atoms with Crippen LogP contribution < -0.4 is 14.8 Å². The van der Waals surface area contributed by atoms with E-state index in [0.717, 1.165) is 12.8 Å². The van der Waals surface area contributed by atoms with Gasteiger partial charge in [-0.3, -0.25) is 4.79 Å². The van der Waals surface area contributed by atoms with Crippen molar-refractivity contribution >= 4 is 11.9 Å². The van der Waals surface area contributed by atoms with Gasteiger partial charge in [0.05, 0.1) is 19.8 Å². The first-order valence-electron chi connectivity index (χ1n) is 8.76. The summed E-state index contributed by atoms with van der Waals surface area (Å²) < 4.78 is 15.4. The molecule has 27 heavy (non-hydrogen) atoms. The Kier molecular flexibility index (Phi) is 7.67. The first-order chi connectivity index (χ1) is 13.0. The molecule has 0 aliphatic rings. The average Bonchev–Trinajstić information content (AvgIpc) is 2.70. The van der Waals surface area contributed by atoms with Crippen LogP contribution in [0.2, 0.25) is 0 Å². The van der Waals surface area contributed by atoms with E-state index in [1.54, 1.807) is 12.1 Å². The van der Waals surface area contributed by atoms with Crippen LogP contribution in [0.1, 0.15) is 29.3 Å². The predicted molar refractivity (Wildman–Crippen MR) is 102 cm³/mol. The first-order valence-corrected chi connectivity index (χ1v) is 8.76. The molecule has 6 heteroatoms. The zero-order chi connectivity index (χ0) is 19.6. The fraction of sp³-hybridized carbons (Fsp3) is 0.333. The standard InChI is InChI=1S/C21H25NO5/c1-15(9-10-16-7-5-4-6-8-16)22-20(23)14-27-21(24)17-11-12-18(25-2)19(13-17)26-3/h4-8,11-13,15H,9-10,14H2,1-3H3,(H,22,23)/t15-/m1/s1. The normalized spacial score (nSPS) is 11.4. The summed E-state index contributed by atoms with van der Waals surface area (Å²) >= 11 is 0. The molecule has 2 aromatic rings. The predicted octanol–water partition coefficient (Wildman–Crippen LogP) is 3.00. The van der Waals surface area contributed by atoms with Gasteiger partial charge in [0.25, 0.3) is 5.91 Å². The van der Waals surface area contributed by atoms with Crippen molar-refractivity contribution in [3.05, 3.63) is 59.7 Å². The molecular weight excluding hydrogens is 346 g/mol. The second kappa shape index (κ2) is 10.2. The Morgan fingerprint density at radius 1 is 1.00 bits per heavy atom. The Bertz CT molecular complexity index is 760. The van der Waals surface area contributed by atoms with Crippen LogP contribution in [0.15, 0.2) is 48.5 Å². The second-order valence-electron chi connectivity index (χ2n) is 6.14. The van der Waals surface area contributed by atoms with Gasteiger partial charge in [-0.25, -0.2) is 4.79 Å². The summed E-state index contributed by atoms with van der Waals surface area (Å²) in [7, 11) is 3.00. The van der Waals surface area contributed by atoms with E-state index < -0.39 is 5.97 Å². The summed E-state index contributed by atoms with van der Waals surface area (Å²) in [5.41, 5.74) is 1.51. The molecule has 0 aliphatic heterocycles. The third-order valence-electron chi connectivity index (χ3n) is 4.07. The lowest BCUT2D eigenvalue weighted by molar-refractivity contribution is -0.124. The van der Waals surface area contributed by atoms with Crippen LogP contribution in [-0.2, 0) is 16.0 Å². The van der Waals surface area contributed by atoms with Gasteiger partial charge < -0.3 is 19.5 Å². The Hall–Kier alpha value is -3.02. The molecule has 144 valence electrons. The third-order valence-corrected chi connectivity index (χ3v) is 4.07. The van der Waals surface area contributed by atoms with Crippen molar-refractivity contribution in [2.45, 2.75) is 25.8 Å². The minimum Gasteiger partial charge on any atom is -0.493 e. The third kappa shape index (κ3) is 6.33. The van der Waals surface area contributed by atoms with Gasteiger partial charge >= 0.3 is 5.97 Å². The molecule has 2 aromatic carbocycles. The van der Waals surface area contributed by atoms with E-state index in [9.17, 15) is 9.59 Å². The van der Waals surface area contributed by atoms with Crippen LogP contribution in [0.25, 0.3) is 0 Å². The molecule has 1 N–H and O–H groups in total. The number of benzene rings is 2. The zero-order valence-corrected chi connectivity index (χ0v) is 15.9. The molecule has 1 atom stereocenters. The number of ether oxygens (including phenoxy) is 3. The van der Waals surface area contributed by atoms with Crippen molar-refractivity contribution < 1.29 is 23.8 Å². The van der Waals surface area contributed by atoms with Gasteiger partial charge in [0.1, 0.15) is 0 Å². The number of aryl methyl sites for hydroxylation is 1. The van der Waals surface area contributed by atoms with Gasteiger partial charge in [0, 0.05) is 6.04 Å². The van der Waals surface area contributed by atoms with Gasteiger partial charge in [-0.2, -0.15) is 0 Å². The fourth-order valence-electron chi connectivity index (χ4n) is 2.59. The minimum atomic E-state index is -0.594. The van der Waals surface area contributed by atoms with E-state index in [1.165, 1.54) is 25.8 Å². The largest absolute Gasteiger partial charge is 0.493 e. The summed E-state index contributed by atoms with van der Waals surface area (Å²) in [6.45, 7) is 1.60. The average molecular weight is 371 g/mol. The van der Waals surface area contributed by atoms with Gasteiger partial charge in [0.15, 0.2) is 18.1 Å². The van der Waals surface area contributed by atoms with Crippen LogP contribution in [0.4, 0.5) is 0 Å². The molecule has 0 unspecified atom stereocenters. The highest BCUT2D eigenvalue weighted by atomic mass is 16.5. The number of carbonyl (C=O) groups excluding carboxylic acids is 2. The molecule has 0 spiro atoms. The van der Waals surface area contributed by atoms with E-state index in [2.05, 4.69) is 17.4 Å². The van der Waals surface area contributed by atoms with Crippen molar-refractivity contribution in [1.29, 1.82) is 0 Å². The van der Waals surface area contributed by atoms with Crippen LogP contribution in [0.5, 0.6) is 11.5 Å². The number of carbonyl (C=O) groups is 2. The van der Waals surface area contributed by atoms with Crippen molar-refractivity contribution in [3.63, 3.8) is 0 Å². The summed E-state index contributed by atoms with van der Waals surface area (Å²) in [4.78, 5) is 24.1. The molecular formula is C21H25NO5. The lowest BCUT2D eigenvalue weighted by atomic mass is 10.1. The Morgan fingerprint density at radius 2 is 1.70 bits per heavy atom. The number of hydrogen-bond donors (Lipinski definition) is 1. The SMILES string of the molecule is COc1ccc(C(=O)OCC(=O)N[C@H](C)CCc2ccccc2)cc1OC. The van der Waals surface area contributed by atoms with E-state index in [4.69, 9.17) is 14.2 Å². The topological polar surface area (TPSA) is 73.9 Å². The maximum atomic E-state index is 12.1. The van der Waals surface area contributed by atoms with Gasteiger partial charge in [-0.15, -0.1) is 0 Å². The van der Waals surface area contributed by atoms with E-state index in [-0.39, 0.29) is 24.1 Å². The van der Waals surface area contributed by atoms with Crippen molar-refractivity contribution in [2.75, 3.05) is 20.8 Å². The lowest BCUT2D eigenvalue weighted by Crippen LogP contribution is -2.36. The molecule has 0 radical (unpaired) electrons. The van der Waals surface area contributed by atoms with Crippen LogP contribution in [0, 0.1) is 0 Å². The minimum absolute atomic E-state index is 0.0162. The molecule has 0 aromatic heterocycles. The lowest BCUT2D eigenvalue weighted by Gasteiger charge is -2.14. The molecule has 1 amide bonds. The molecule has 0 fully saturated rings. The fourth-order valence-corrected chi connectivity index (χ4v) is 2.59. The van der Waals surface area contributed by atoms with Crippen molar-refractivity contribution in [2.24, 2.45) is 0 Å². The maximum Gasteiger partial charge on any atom is 0.338 e. The Labute approximate surface area is 159 Å². The van der Waals surface area contributed by atoms with Gasteiger partial charge in [-0.05, 0) is 43.5 Å². The number of rotatable bonds is 9. The van der Waals surface area contributed by atoms with E-state index in [1.807, 2.05) is 25.1 Å². The number of amides is 1. The van der Waals surface area contributed by atoms with E-state index >= 15 is 0 Å². The number of nitrogens with one attached hydrogen (secondary N) is 1. The molecule has 0 bridgehead atoms. The number of hydrogen-bond acceptors (Lipinski definition) is 5. The van der Waals surface area contributed by atoms with Crippen LogP contribution in [0.3, 0.4) is 0 Å². The Morgan fingerprint density at radius 3 is 2.37 bits per heavy atom. The highest BCUT2D eigenvalue weighted by Crippen LogP contribution is 2.27. The monoisotopic (exact) mass is 371 g/mol. The van der Waals surface area contributed by atoms with E-state index in [0.29, 0.717) is 11.5 Å². The van der Waals surface area contributed by atoms with Crippen molar-refractivity contribution in [3.8, 4) is 11.5 Å². The van der Waals surface area contributed by atoms with Crippen LogP contribution >= 0.6 is 0 Å². The molecule has 6 nitrogen and oxygen atoms in total. The number of esters is 1. The van der Waals surface area contributed by atoms with Crippen molar-refractivity contribution in [1.82, 2.24) is 5.32 Å². The molecule has 0 aliphatic carbocycles. The molecule has 2 rings (SSSR count). The summed E-state index contributed by atoms with van der Waals surface area (Å²) in [6, 6.07) is 14.7. The first kappa shape index (κ1) is 20.3. The van der Waals surface area contributed by atoms with Gasteiger partial charge in [-0.1, -0.05) is 30.3 Å². The van der Waals surface area contributed by atoms with Crippen LogP contribution in [-0.4, -0.2) is 38.7 Å². The zero-order valence-electron chi connectivity index (χ0n) is 15.9. The summed E-state index contributed by atoms with van der Waals surface area (Å²) in [5, 5.41) is 2.84. The molecule has 0 heterocycles. The Balaban J connectivity index is 1.78. The molecule has 0 saturated heterocycles. The van der Waals surface area contributed by atoms with Gasteiger partial charge in [0.2, 0.25) is 0 Å². The number of methoxy groups -OCH3 is 2.